The van der Waals surface area contributed by atoms with Gasteiger partial charge in [-0.3, -0.25) is 9.59 Å². The summed E-state index contributed by atoms with van der Waals surface area (Å²) in [7, 11) is 0. The quantitative estimate of drug-likeness (QED) is 0.660. The van der Waals surface area contributed by atoms with Gasteiger partial charge in [0.15, 0.2) is 0 Å². The van der Waals surface area contributed by atoms with Crippen LogP contribution in [0, 0.1) is 0 Å². The van der Waals surface area contributed by atoms with Crippen LogP contribution in [-0.2, 0) is 9.59 Å². The van der Waals surface area contributed by atoms with E-state index >= 15 is 0 Å². The Balaban J connectivity index is 2.50. The van der Waals surface area contributed by atoms with Gasteiger partial charge in [-0.2, -0.15) is 0 Å². The molecule has 0 fully saturated rings. The molecule has 0 aliphatic heterocycles. The number of carboxylic acids is 1. The highest BCUT2D eigenvalue weighted by molar-refractivity contribution is 6.30. The van der Waals surface area contributed by atoms with Crippen molar-refractivity contribution in [2.24, 2.45) is 0 Å². The third-order valence-corrected chi connectivity index (χ3v) is 2.77. The fourth-order valence-electron chi connectivity index (χ4n) is 1.53. The van der Waals surface area contributed by atoms with Gasteiger partial charge in [0.25, 0.3) is 5.91 Å². The van der Waals surface area contributed by atoms with Gasteiger partial charge in [-0.25, -0.2) is 4.79 Å². The molecule has 2 amide bonds. The van der Waals surface area contributed by atoms with Gasteiger partial charge in [-0.15, -0.1) is 6.58 Å². The normalized spacial score (nSPS) is 11.3. The number of halogens is 1. The molecule has 1 atom stereocenters. The zero-order valence-electron chi connectivity index (χ0n) is 11.1. The number of carboxylic acid groups (broad SMARTS) is 1. The molecule has 1 unspecified atom stereocenters. The number of amides is 2. The Bertz CT molecular complexity index is 560. The van der Waals surface area contributed by atoms with Crippen LogP contribution in [0.3, 0.4) is 0 Å². The molecule has 0 bridgehead atoms. The smallest absolute Gasteiger partial charge is 0.326 e. The molecule has 7 heteroatoms. The first kappa shape index (κ1) is 16.7. The summed E-state index contributed by atoms with van der Waals surface area (Å²) >= 11 is 5.76. The van der Waals surface area contributed by atoms with E-state index in [1.807, 2.05) is 0 Å². The van der Waals surface area contributed by atoms with E-state index in [1.54, 1.807) is 18.2 Å². The van der Waals surface area contributed by atoms with Gasteiger partial charge < -0.3 is 15.7 Å². The Kier molecular flexibility index (Phi) is 6.42. The van der Waals surface area contributed by atoms with Crippen molar-refractivity contribution in [2.75, 3.05) is 6.54 Å². The van der Waals surface area contributed by atoms with Gasteiger partial charge in [0.1, 0.15) is 6.04 Å². The number of benzene rings is 1. The number of rotatable bonds is 7. The van der Waals surface area contributed by atoms with Crippen molar-refractivity contribution >= 4 is 29.4 Å². The summed E-state index contributed by atoms with van der Waals surface area (Å²) in [6.07, 6.45) is 1.49. The summed E-state index contributed by atoms with van der Waals surface area (Å²) < 4.78 is 0. The maximum Gasteiger partial charge on any atom is 0.326 e. The monoisotopic (exact) mass is 310 g/mol. The van der Waals surface area contributed by atoms with Gasteiger partial charge in [0, 0.05) is 10.6 Å². The highest BCUT2D eigenvalue weighted by Crippen LogP contribution is 2.10. The second kappa shape index (κ2) is 8.06. The lowest BCUT2D eigenvalue weighted by atomic mass is 10.2. The lowest BCUT2D eigenvalue weighted by molar-refractivity contribution is -0.141. The summed E-state index contributed by atoms with van der Waals surface area (Å²) in [6, 6.07) is 5.20. The molecule has 1 rings (SSSR count). The predicted molar refractivity (Wildman–Crippen MR) is 78.2 cm³/mol. The van der Waals surface area contributed by atoms with Gasteiger partial charge in [-0.05, 0) is 24.6 Å². The minimum atomic E-state index is -1.16. The van der Waals surface area contributed by atoms with Crippen LogP contribution >= 0.6 is 11.6 Å². The second-order valence-corrected chi connectivity index (χ2v) is 4.61. The maximum absolute atomic E-state index is 11.8. The molecule has 21 heavy (non-hydrogen) atoms. The molecule has 0 saturated heterocycles. The second-order valence-electron chi connectivity index (χ2n) is 4.18. The Morgan fingerprint density at radius 1 is 1.38 bits per heavy atom. The van der Waals surface area contributed by atoms with Crippen molar-refractivity contribution in [2.45, 2.75) is 12.5 Å². The van der Waals surface area contributed by atoms with Gasteiger partial charge in [-0.1, -0.05) is 23.7 Å². The van der Waals surface area contributed by atoms with Crippen LogP contribution in [0.1, 0.15) is 16.8 Å². The SMILES string of the molecule is C=CCC(NC(=O)CNC(=O)c1cccc(Cl)c1)C(=O)O. The van der Waals surface area contributed by atoms with Crippen LogP contribution in [-0.4, -0.2) is 35.5 Å². The van der Waals surface area contributed by atoms with Crippen molar-refractivity contribution in [3.05, 3.63) is 47.5 Å². The standard InChI is InChI=1S/C14H15ClN2O4/c1-2-4-11(14(20)21)17-12(18)8-16-13(19)9-5-3-6-10(15)7-9/h2-3,5-7,11H,1,4,8H2,(H,16,19)(H,17,18)(H,20,21). The first-order valence-corrected chi connectivity index (χ1v) is 6.48. The average Bonchev–Trinajstić information content (AvgIpc) is 2.44. The van der Waals surface area contributed by atoms with Crippen LogP contribution < -0.4 is 10.6 Å². The minimum Gasteiger partial charge on any atom is -0.480 e. The van der Waals surface area contributed by atoms with E-state index in [-0.39, 0.29) is 13.0 Å². The Morgan fingerprint density at radius 2 is 2.10 bits per heavy atom. The summed E-state index contributed by atoms with van der Waals surface area (Å²) in [6.45, 7) is 3.09. The molecule has 1 aromatic rings. The number of aliphatic carboxylic acids is 1. The summed E-state index contributed by atoms with van der Waals surface area (Å²) in [5, 5.41) is 14.0. The van der Waals surface area contributed by atoms with E-state index in [2.05, 4.69) is 17.2 Å². The van der Waals surface area contributed by atoms with Crippen LogP contribution in [0.25, 0.3) is 0 Å². The average molecular weight is 311 g/mol. The molecule has 0 aliphatic rings. The fourth-order valence-corrected chi connectivity index (χ4v) is 1.72. The van der Waals surface area contributed by atoms with E-state index in [1.165, 1.54) is 12.1 Å². The van der Waals surface area contributed by atoms with E-state index in [0.717, 1.165) is 0 Å². The minimum absolute atomic E-state index is 0.101. The number of hydrogen-bond donors (Lipinski definition) is 3. The molecular formula is C14H15ClN2O4. The number of nitrogens with one attached hydrogen (secondary N) is 2. The van der Waals surface area contributed by atoms with Crippen molar-refractivity contribution < 1.29 is 19.5 Å². The molecular weight excluding hydrogens is 296 g/mol. The number of hydrogen-bond acceptors (Lipinski definition) is 3. The lowest BCUT2D eigenvalue weighted by Gasteiger charge is -2.13. The Morgan fingerprint density at radius 3 is 2.67 bits per heavy atom. The largest absolute Gasteiger partial charge is 0.480 e. The topological polar surface area (TPSA) is 95.5 Å². The van der Waals surface area contributed by atoms with Crippen molar-refractivity contribution in [1.82, 2.24) is 10.6 Å². The zero-order chi connectivity index (χ0) is 15.8. The molecule has 1 aromatic carbocycles. The fraction of sp³-hybridized carbons (Fsp3) is 0.214. The molecule has 3 N–H and O–H groups in total. The third-order valence-electron chi connectivity index (χ3n) is 2.53. The summed E-state index contributed by atoms with van der Waals surface area (Å²) in [5.74, 6) is -2.23. The highest BCUT2D eigenvalue weighted by atomic mass is 35.5. The van der Waals surface area contributed by atoms with Gasteiger partial charge in [0.05, 0.1) is 6.54 Å². The number of carbonyl (C=O) groups is 3. The molecule has 0 radical (unpaired) electrons. The van der Waals surface area contributed by atoms with Crippen molar-refractivity contribution in [1.29, 1.82) is 0 Å². The van der Waals surface area contributed by atoms with Gasteiger partial charge >= 0.3 is 5.97 Å². The first-order chi connectivity index (χ1) is 9.93. The molecule has 0 spiro atoms. The summed E-state index contributed by atoms with van der Waals surface area (Å²) in [4.78, 5) is 34.2. The molecule has 0 heterocycles. The molecule has 0 saturated carbocycles. The van der Waals surface area contributed by atoms with Crippen molar-refractivity contribution in [3.8, 4) is 0 Å². The molecule has 6 nitrogen and oxygen atoms in total. The van der Waals surface area contributed by atoms with E-state index in [9.17, 15) is 14.4 Å². The molecule has 0 aromatic heterocycles. The van der Waals surface area contributed by atoms with Crippen LogP contribution in [0.4, 0.5) is 0 Å². The van der Waals surface area contributed by atoms with Crippen molar-refractivity contribution in [3.63, 3.8) is 0 Å². The Hall–Kier alpha value is -2.34. The van der Waals surface area contributed by atoms with Gasteiger partial charge in [0.2, 0.25) is 5.91 Å². The van der Waals surface area contributed by atoms with Crippen LogP contribution in [0.15, 0.2) is 36.9 Å². The highest BCUT2D eigenvalue weighted by Gasteiger charge is 2.18. The van der Waals surface area contributed by atoms with E-state index in [4.69, 9.17) is 16.7 Å². The molecule has 0 aliphatic carbocycles. The lowest BCUT2D eigenvalue weighted by Crippen LogP contribution is -2.45. The maximum atomic E-state index is 11.8. The van der Waals surface area contributed by atoms with E-state index in [0.29, 0.717) is 10.6 Å². The van der Waals surface area contributed by atoms with E-state index < -0.39 is 23.8 Å². The summed E-state index contributed by atoms with van der Waals surface area (Å²) in [5.41, 5.74) is 0.316. The first-order valence-electron chi connectivity index (χ1n) is 6.11. The van der Waals surface area contributed by atoms with Crippen LogP contribution in [0.2, 0.25) is 5.02 Å². The van der Waals surface area contributed by atoms with Crippen LogP contribution in [0.5, 0.6) is 0 Å². The third kappa shape index (κ3) is 5.66. The number of carbonyl (C=O) groups excluding carboxylic acids is 2. The zero-order valence-corrected chi connectivity index (χ0v) is 11.9. The Labute approximate surface area is 126 Å². The molecule has 112 valence electrons. The predicted octanol–water partition coefficient (Wildman–Crippen LogP) is 1.22.